The van der Waals surface area contributed by atoms with Crippen LogP contribution in [0.2, 0.25) is 0 Å². The van der Waals surface area contributed by atoms with Gasteiger partial charge in [-0.15, -0.1) is 0 Å². The molecule has 0 bridgehead atoms. The molecule has 4 atom stereocenters. The number of carboxylic acid groups (broad SMARTS) is 1. The number of aromatic nitrogens is 1. The second-order valence-electron chi connectivity index (χ2n) is 9.43. The molecular weight excluding hydrogens is 538 g/mol. The van der Waals surface area contributed by atoms with Crippen LogP contribution in [-0.2, 0) is 30.4 Å². The highest BCUT2D eigenvalue weighted by Gasteiger charge is 2.31. The maximum atomic E-state index is 13.5. The first kappa shape index (κ1) is 32.6. The number of para-hydroxylation sites is 1. The van der Waals surface area contributed by atoms with Crippen molar-refractivity contribution < 1.29 is 29.1 Å². The summed E-state index contributed by atoms with van der Waals surface area (Å²) in [7, 11) is 0. The van der Waals surface area contributed by atoms with Crippen molar-refractivity contribution in [2.45, 2.75) is 62.7 Å². The Kier molecular flexibility index (Phi) is 13.4. The predicted molar refractivity (Wildman–Crippen MR) is 153 cm³/mol. The van der Waals surface area contributed by atoms with Crippen LogP contribution < -0.4 is 33.2 Å². The van der Waals surface area contributed by atoms with E-state index < -0.39 is 60.2 Å². The number of carbonyl (C=O) groups excluding carboxylic acids is 4. The Morgan fingerprint density at radius 2 is 1.60 bits per heavy atom. The molecule has 11 N–H and O–H groups in total. The Morgan fingerprint density at radius 3 is 2.25 bits per heavy atom. The van der Waals surface area contributed by atoms with Crippen molar-refractivity contribution in [3.05, 3.63) is 36.0 Å². The molecule has 4 amide bonds. The minimum absolute atomic E-state index is 0.105. The summed E-state index contributed by atoms with van der Waals surface area (Å²) in [5.41, 5.74) is 18.3. The van der Waals surface area contributed by atoms with E-state index in [1.165, 1.54) is 0 Å². The first-order valence-electron chi connectivity index (χ1n) is 13.0. The molecule has 0 aliphatic heterocycles. The molecule has 220 valence electrons. The average Bonchev–Trinajstić information content (AvgIpc) is 3.32. The van der Waals surface area contributed by atoms with Crippen LogP contribution in [0.1, 0.15) is 37.7 Å². The minimum atomic E-state index is -1.56. The number of aliphatic carboxylic acids is 1. The van der Waals surface area contributed by atoms with Gasteiger partial charge in [-0.3, -0.25) is 19.2 Å². The van der Waals surface area contributed by atoms with E-state index in [0.717, 1.165) is 16.5 Å². The number of benzene rings is 1. The lowest BCUT2D eigenvalue weighted by molar-refractivity contribution is -0.143. The van der Waals surface area contributed by atoms with Crippen molar-refractivity contribution in [2.24, 2.45) is 17.2 Å². The third-order valence-electron chi connectivity index (χ3n) is 6.30. The first-order valence-corrected chi connectivity index (χ1v) is 14.4. The molecule has 0 spiro atoms. The number of nitrogens with one attached hydrogen (secondary N) is 4. The molecule has 0 radical (unpaired) electrons. The highest BCUT2D eigenvalue weighted by Crippen LogP contribution is 2.19. The Bertz CT molecular complexity index is 1170. The minimum Gasteiger partial charge on any atom is -0.480 e. The quantitative estimate of drug-likeness (QED) is 0.105. The lowest BCUT2D eigenvalue weighted by atomic mass is 10.0. The third-order valence-corrected chi connectivity index (χ3v) is 6.95. The molecule has 1 heterocycles. The Labute approximate surface area is 236 Å². The number of aromatic amines is 1. The van der Waals surface area contributed by atoms with E-state index in [4.69, 9.17) is 17.2 Å². The van der Waals surface area contributed by atoms with Crippen LogP contribution in [-0.4, -0.2) is 82.4 Å². The van der Waals surface area contributed by atoms with Crippen LogP contribution in [0, 0.1) is 0 Å². The molecule has 0 aliphatic rings. The van der Waals surface area contributed by atoms with Crippen molar-refractivity contribution in [1.29, 1.82) is 0 Å². The van der Waals surface area contributed by atoms with E-state index in [-0.39, 0.29) is 12.8 Å². The van der Waals surface area contributed by atoms with Gasteiger partial charge in [0.05, 0.1) is 12.5 Å². The van der Waals surface area contributed by atoms with Crippen LogP contribution >= 0.6 is 11.8 Å². The molecule has 1 aromatic heterocycles. The van der Waals surface area contributed by atoms with E-state index >= 15 is 0 Å². The van der Waals surface area contributed by atoms with Gasteiger partial charge < -0.3 is 43.2 Å². The normalized spacial score (nSPS) is 14.1. The molecular formula is C26H39N7O6S. The lowest BCUT2D eigenvalue weighted by Crippen LogP contribution is -2.57. The molecule has 1 aromatic carbocycles. The summed E-state index contributed by atoms with van der Waals surface area (Å²) in [5.74, 6) is -3.64. The number of rotatable bonds is 18. The summed E-state index contributed by atoms with van der Waals surface area (Å²) in [6.45, 7) is 0.356. The fourth-order valence-corrected chi connectivity index (χ4v) is 4.58. The van der Waals surface area contributed by atoms with Crippen molar-refractivity contribution in [3.63, 3.8) is 0 Å². The summed E-state index contributed by atoms with van der Waals surface area (Å²) in [6.07, 6.45) is 4.72. The molecule has 2 rings (SSSR count). The molecule has 2 aromatic rings. The second-order valence-corrected chi connectivity index (χ2v) is 10.4. The summed E-state index contributed by atoms with van der Waals surface area (Å²) in [6, 6.07) is 2.86. The second kappa shape index (κ2) is 16.5. The van der Waals surface area contributed by atoms with Gasteiger partial charge in [0, 0.05) is 23.5 Å². The number of primary amides is 1. The van der Waals surface area contributed by atoms with Crippen molar-refractivity contribution in [2.75, 3.05) is 18.6 Å². The van der Waals surface area contributed by atoms with Crippen LogP contribution in [0.4, 0.5) is 0 Å². The van der Waals surface area contributed by atoms with Gasteiger partial charge in [0.1, 0.15) is 18.1 Å². The lowest BCUT2D eigenvalue weighted by Gasteiger charge is -2.25. The zero-order chi connectivity index (χ0) is 29.7. The van der Waals surface area contributed by atoms with E-state index in [1.54, 1.807) is 18.0 Å². The maximum absolute atomic E-state index is 13.5. The number of H-pyrrole nitrogens is 1. The number of hydrogen-bond donors (Lipinski definition) is 8. The monoisotopic (exact) mass is 577 g/mol. The van der Waals surface area contributed by atoms with Crippen molar-refractivity contribution in [3.8, 4) is 0 Å². The standard InChI is InChI=1S/C26H39N7O6S/c1-40-11-9-17(28)23(35)32-20(12-15-14-30-18-7-3-2-6-16(15)18)25(37)31-19(8-4-5-10-27)24(36)33-21(26(38)39)13-22(29)34/h2-3,6-7,14,17,19-21,30H,4-5,8-13,27-28H2,1H3,(H2,29,34)(H,31,37)(H,32,35)(H,33,36)(H,38,39). The topological polar surface area (TPSA) is 236 Å². The zero-order valence-corrected chi connectivity index (χ0v) is 23.3. The molecule has 40 heavy (non-hydrogen) atoms. The van der Waals surface area contributed by atoms with Crippen LogP contribution in [0.3, 0.4) is 0 Å². The van der Waals surface area contributed by atoms with Crippen molar-refractivity contribution >= 4 is 52.3 Å². The summed E-state index contributed by atoms with van der Waals surface area (Å²) >= 11 is 1.54. The highest BCUT2D eigenvalue weighted by molar-refractivity contribution is 7.98. The number of hydrogen-bond acceptors (Lipinski definition) is 8. The van der Waals surface area contributed by atoms with Gasteiger partial charge >= 0.3 is 5.97 Å². The van der Waals surface area contributed by atoms with Gasteiger partial charge in [-0.1, -0.05) is 18.2 Å². The van der Waals surface area contributed by atoms with Gasteiger partial charge in [0.25, 0.3) is 0 Å². The maximum Gasteiger partial charge on any atom is 0.326 e. The SMILES string of the molecule is CSCCC(N)C(=O)NC(Cc1c[nH]c2ccccc12)C(=O)NC(CCCCN)C(=O)NC(CC(N)=O)C(=O)O. The molecule has 13 nitrogen and oxygen atoms in total. The molecule has 0 aliphatic carbocycles. The third kappa shape index (κ3) is 10.2. The Morgan fingerprint density at radius 1 is 0.950 bits per heavy atom. The van der Waals surface area contributed by atoms with Crippen LogP contribution in [0.25, 0.3) is 10.9 Å². The van der Waals surface area contributed by atoms with Gasteiger partial charge in [0.2, 0.25) is 23.6 Å². The first-order chi connectivity index (χ1) is 19.1. The van der Waals surface area contributed by atoms with Gasteiger partial charge in [-0.25, -0.2) is 4.79 Å². The fraction of sp³-hybridized carbons (Fsp3) is 0.500. The van der Waals surface area contributed by atoms with E-state index in [1.807, 2.05) is 30.5 Å². The van der Waals surface area contributed by atoms with E-state index in [9.17, 15) is 29.1 Å². The molecule has 0 fully saturated rings. The fourth-order valence-electron chi connectivity index (χ4n) is 4.09. The van der Waals surface area contributed by atoms with Gasteiger partial charge in [-0.05, 0) is 55.9 Å². The Hall–Kier alpha value is -3.62. The van der Waals surface area contributed by atoms with Gasteiger partial charge in [-0.2, -0.15) is 11.8 Å². The smallest absolute Gasteiger partial charge is 0.326 e. The predicted octanol–water partition coefficient (Wildman–Crippen LogP) is -0.666. The van der Waals surface area contributed by atoms with Gasteiger partial charge in [0.15, 0.2) is 0 Å². The number of amides is 4. The number of carboxylic acids is 1. The molecule has 0 saturated heterocycles. The summed E-state index contributed by atoms with van der Waals surface area (Å²) in [4.78, 5) is 65.4. The zero-order valence-electron chi connectivity index (χ0n) is 22.5. The number of unbranched alkanes of at least 4 members (excludes halogenated alkanes) is 1. The molecule has 0 saturated carbocycles. The van der Waals surface area contributed by atoms with Crippen LogP contribution in [0.5, 0.6) is 0 Å². The van der Waals surface area contributed by atoms with Crippen LogP contribution in [0.15, 0.2) is 30.5 Å². The molecule has 4 unspecified atom stereocenters. The summed E-state index contributed by atoms with van der Waals surface area (Å²) < 4.78 is 0. The highest BCUT2D eigenvalue weighted by atomic mass is 32.2. The largest absolute Gasteiger partial charge is 0.480 e. The van der Waals surface area contributed by atoms with Crippen molar-refractivity contribution in [1.82, 2.24) is 20.9 Å². The van der Waals surface area contributed by atoms with E-state index in [2.05, 4.69) is 20.9 Å². The number of thioether (sulfide) groups is 1. The summed E-state index contributed by atoms with van der Waals surface area (Å²) in [5, 5.41) is 17.9. The molecule has 14 heteroatoms. The number of fused-ring (bicyclic) bond motifs is 1. The Balaban J connectivity index is 2.29. The number of nitrogens with two attached hydrogens (primary N) is 3. The number of carbonyl (C=O) groups is 5. The average molecular weight is 578 g/mol. The van der Waals surface area contributed by atoms with E-state index in [0.29, 0.717) is 31.6 Å².